The SMILES string of the molecule is BrCC1CCN(c2nc3ccccc3o2)C1. The fourth-order valence-electron chi connectivity index (χ4n) is 2.13. The normalized spacial score (nSPS) is 20.8. The van der Waals surface area contributed by atoms with Gasteiger partial charge in [-0.2, -0.15) is 4.98 Å². The lowest BCUT2D eigenvalue weighted by molar-refractivity contribution is 0.580. The average molecular weight is 281 g/mol. The molecule has 1 fully saturated rings. The van der Waals surface area contributed by atoms with Crippen LogP contribution in [0.2, 0.25) is 0 Å². The molecule has 1 unspecified atom stereocenters. The van der Waals surface area contributed by atoms with Crippen LogP contribution in [-0.4, -0.2) is 23.4 Å². The van der Waals surface area contributed by atoms with Gasteiger partial charge in [-0.1, -0.05) is 28.1 Å². The number of anilines is 1. The van der Waals surface area contributed by atoms with E-state index in [1.807, 2.05) is 24.3 Å². The standard InChI is InChI=1S/C12H13BrN2O/c13-7-9-5-6-15(8-9)12-14-10-3-1-2-4-11(10)16-12/h1-4,9H,5-8H2. The maximum Gasteiger partial charge on any atom is 0.298 e. The van der Waals surface area contributed by atoms with Crippen molar-refractivity contribution in [3.63, 3.8) is 0 Å². The largest absolute Gasteiger partial charge is 0.423 e. The van der Waals surface area contributed by atoms with Gasteiger partial charge in [-0.15, -0.1) is 0 Å². The molecule has 16 heavy (non-hydrogen) atoms. The summed E-state index contributed by atoms with van der Waals surface area (Å²) in [6.07, 6.45) is 1.21. The molecule has 1 aliphatic heterocycles. The van der Waals surface area contributed by atoms with Crippen molar-refractivity contribution in [3.05, 3.63) is 24.3 Å². The van der Waals surface area contributed by atoms with Gasteiger partial charge in [0.2, 0.25) is 0 Å². The molecule has 84 valence electrons. The first-order valence-corrected chi connectivity index (χ1v) is 6.65. The van der Waals surface area contributed by atoms with Gasteiger partial charge >= 0.3 is 0 Å². The van der Waals surface area contributed by atoms with E-state index in [1.54, 1.807) is 0 Å². The smallest absolute Gasteiger partial charge is 0.298 e. The van der Waals surface area contributed by atoms with E-state index in [1.165, 1.54) is 6.42 Å². The molecule has 0 N–H and O–H groups in total. The van der Waals surface area contributed by atoms with Crippen LogP contribution in [0.4, 0.5) is 6.01 Å². The highest BCUT2D eigenvalue weighted by atomic mass is 79.9. The molecule has 1 saturated heterocycles. The molecule has 0 radical (unpaired) electrons. The van der Waals surface area contributed by atoms with Crippen molar-refractivity contribution >= 4 is 33.0 Å². The van der Waals surface area contributed by atoms with Crippen LogP contribution in [0.5, 0.6) is 0 Å². The quantitative estimate of drug-likeness (QED) is 0.792. The lowest BCUT2D eigenvalue weighted by atomic mass is 10.2. The van der Waals surface area contributed by atoms with E-state index in [2.05, 4.69) is 25.8 Å². The number of hydrogen-bond acceptors (Lipinski definition) is 3. The molecule has 4 heteroatoms. The number of para-hydroxylation sites is 2. The second kappa shape index (κ2) is 4.09. The molecule has 1 aromatic heterocycles. The number of rotatable bonds is 2. The number of oxazole rings is 1. The Kier molecular flexibility index (Phi) is 2.59. The Morgan fingerprint density at radius 2 is 2.31 bits per heavy atom. The van der Waals surface area contributed by atoms with Crippen LogP contribution >= 0.6 is 15.9 Å². The topological polar surface area (TPSA) is 29.3 Å². The first-order chi connectivity index (χ1) is 7.86. The summed E-state index contributed by atoms with van der Waals surface area (Å²) < 4.78 is 5.74. The highest BCUT2D eigenvalue weighted by molar-refractivity contribution is 9.09. The summed E-state index contributed by atoms with van der Waals surface area (Å²) >= 11 is 3.53. The lowest BCUT2D eigenvalue weighted by Crippen LogP contribution is -2.20. The molecule has 3 nitrogen and oxygen atoms in total. The van der Waals surface area contributed by atoms with E-state index in [0.717, 1.165) is 41.5 Å². The molecule has 2 heterocycles. The van der Waals surface area contributed by atoms with Gasteiger partial charge in [0.25, 0.3) is 6.01 Å². The molecule has 0 amide bonds. The predicted octanol–water partition coefficient (Wildman–Crippen LogP) is 3.05. The highest BCUT2D eigenvalue weighted by Gasteiger charge is 2.24. The number of aromatic nitrogens is 1. The van der Waals surface area contributed by atoms with Crippen molar-refractivity contribution in [2.24, 2.45) is 5.92 Å². The third kappa shape index (κ3) is 1.71. The maximum atomic E-state index is 5.74. The summed E-state index contributed by atoms with van der Waals surface area (Å²) in [5, 5.41) is 1.06. The zero-order valence-electron chi connectivity index (χ0n) is 8.90. The summed E-state index contributed by atoms with van der Waals surface area (Å²) in [4.78, 5) is 6.74. The van der Waals surface area contributed by atoms with Crippen molar-refractivity contribution in [1.29, 1.82) is 0 Å². The molecule has 1 aliphatic rings. The summed E-state index contributed by atoms with van der Waals surface area (Å²) in [7, 11) is 0. The van der Waals surface area contributed by atoms with Crippen LogP contribution in [0.3, 0.4) is 0 Å². The lowest BCUT2D eigenvalue weighted by Gasteiger charge is -2.12. The number of nitrogens with zero attached hydrogens (tertiary/aromatic N) is 2. The molecule has 0 bridgehead atoms. The number of benzene rings is 1. The Morgan fingerprint density at radius 1 is 1.44 bits per heavy atom. The van der Waals surface area contributed by atoms with Crippen LogP contribution < -0.4 is 4.90 Å². The van der Waals surface area contributed by atoms with Gasteiger partial charge in [0, 0.05) is 18.4 Å². The zero-order chi connectivity index (χ0) is 11.0. The number of hydrogen-bond donors (Lipinski definition) is 0. The van der Waals surface area contributed by atoms with Gasteiger partial charge in [0.1, 0.15) is 5.52 Å². The molecular formula is C12H13BrN2O. The van der Waals surface area contributed by atoms with Crippen LogP contribution in [-0.2, 0) is 0 Å². The summed E-state index contributed by atoms with van der Waals surface area (Å²) in [5.41, 5.74) is 1.82. The third-order valence-corrected chi connectivity index (χ3v) is 3.97. The molecule has 3 rings (SSSR count). The van der Waals surface area contributed by atoms with Gasteiger partial charge in [0.05, 0.1) is 0 Å². The highest BCUT2D eigenvalue weighted by Crippen LogP contribution is 2.27. The predicted molar refractivity (Wildman–Crippen MR) is 68.1 cm³/mol. The Hall–Kier alpha value is -1.03. The monoisotopic (exact) mass is 280 g/mol. The van der Waals surface area contributed by atoms with Crippen molar-refractivity contribution in [3.8, 4) is 0 Å². The average Bonchev–Trinajstić information content (AvgIpc) is 2.95. The Labute approximate surface area is 103 Å². The van der Waals surface area contributed by atoms with E-state index in [4.69, 9.17) is 4.42 Å². The second-order valence-electron chi connectivity index (χ2n) is 4.22. The minimum Gasteiger partial charge on any atom is -0.423 e. The van der Waals surface area contributed by atoms with E-state index < -0.39 is 0 Å². The van der Waals surface area contributed by atoms with Gasteiger partial charge in [-0.3, -0.25) is 0 Å². The van der Waals surface area contributed by atoms with Crippen molar-refractivity contribution in [1.82, 2.24) is 4.98 Å². The van der Waals surface area contributed by atoms with Crippen molar-refractivity contribution < 1.29 is 4.42 Å². The molecule has 2 aromatic rings. The van der Waals surface area contributed by atoms with Gasteiger partial charge in [-0.05, 0) is 24.5 Å². The van der Waals surface area contributed by atoms with Crippen LogP contribution in [0.15, 0.2) is 28.7 Å². The number of fused-ring (bicyclic) bond motifs is 1. The molecule has 0 aliphatic carbocycles. The van der Waals surface area contributed by atoms with E-state index in [9.17, 15) is 0 Å². The molecule has 1 atom stereocenters. The molecule has 1 aromatic carbocycles. The van der Waals surface area contributed by atoms with E-state index >= 15 is 0 Å². The van der Waals surface area contributed by atoms with Crippen molar-refractivity contribution in [2.75, 3.05) is 23.3 Å². The van der Waals surface area contributed by atoms with Crippen LogP contribution in [0.25, 0.3) is 11.1 Å². The second-order valence-corrected chi connectivity index (χ2v) is 4.87. The summed E-state index contributed by atoms with van der Waals surface area (Å²) in [5.74, 6) is 0.718. The first kappa shape index (κ1) is 10.1. The van der Waals surface area contributed by atoms with Crippen LogP contribution in [0, 0.1) is 5.92 Å². The minimum atomic E-state index is 0.718. The number of halogens is 1. The first-order valence-electron chi connectivity index (χ1n) is 5.53. The van der Waals surface area contributed by atoms with Gasteiger partial charge in [0.15, 0.2) is 5.58 Å². The van der Waals surface area contributed by atoms with Crippen molar-refractivity contribution in [2.45, 2.75) is 6.42 Å². The fraction of sp³-hybridized carbons (Fsp3) is 0.417. The van der Waals surface area contributed by atoms with E-state index in [-0.39, 0.29) is 0 Å². The number of alkyl halides is 1. The summed E-state index contributed by atoms with van der Waals surface area (Å²) in [6.45, 7) is 2.08. The Bertz CT molecular complexity index is 463. The molecule has 0 spiro atoms. The minimum absolute atomic E-state index is 0.718. The fourth-order valence-corrected chi connectivity index (χ4v) is 2.66. The molecular weight excluding hydrogens is 268 g/mol. The Morgan fingerprint density at radius 3 is 3.06 bits per heavy atom. The maximum absolute atomic E-state index is 5.74. The van der Waals surface area contributed by atoms with E-state index in [0.29, 0.717) is 0 Å². The van der Waals surface area contributed by atoms with Crippen LogP contribution in [0.1, 0.15) is 6.42 Å². The Balaban J connectivity index is 1.89. The summed E-state index contributed by atoms with van der Waals surface area (Å²) in [6, 6.07) is 8.68. The van der Waals surface area contributed by atoms with Gasteiger partial charge < -0.3 is 9.32 Å². The van der Waals surface area contributed by atoms with Gasteiger partial charge in [-0.25, -0.2) is 0 Å². The zero-order valence-corrected chi connectivity index (χ0v) is 10.5. The molecule has 0 saturated carbocycles. The third-order valence-electron chi connectivity index (χ3n) is 3.06.